The average molecular weight is 253 g/mol. The molecule has 2 aromatic rings. The van der Waals surface area contributed by atoms with Gasteiger partial charge < -0.3 is 20.7 Å². The van der Waals surface area contributed by atoms with Gasteiger partial charge in [0.25, 0.3) is 0 Å². The molecule has 0 aliphatic rings. The maximum Gasteiger partial charge on any atom is 0.178 e. The Hall–Kier alpha value is -2.44. The van der Waals surface area contributed by atoms with E-state index in [1.807, 2.05) is 0 Å². The van der Waals surface area contributed by atoms with Crippen molar-refractivity contribution >= 4 is 5.82 Å². The first-order chi connectivity index (χ1) is 8.45. The molecule has 1 heterocycles. The van der Waals surface area contributed by atoms with E-state index in [1.165, 1.54) is 17.9 Å². The van der Waals surface area contributed by atoms with Crippen molar-refractivity contribution in [1.29, 1.82) is 0 Å². The third-order valence-electron chi connectivity index (χ3n) is 2.58. The first-order valence-electron chi connectivity index (χ1n) is 5.04. The number of nitrogen functional groups attached to an aromatic ring is 1. The molecule has 2 rings (SSSR count). The summed E-state index contributed by atoms with van der Waals surface area (Å²) in [5, 5.41) is 23.2. The van der Waals surface area contributed by atoms with Crippen molar-refractivity contribution in [1.82, 2.24) is 9.78 Å². The molecular weight excluding hydrogens is 241 g/mol. The molecule has 0 unspecified atom stereocenters. The SMILES string of the molecule is COc1cc(O)c(O)c(-c2cc(N)n(C)n2)c1F. The van der Waals surface area contributed by atoms with Crippen LogP contribution in [0.5, 0.6) is 17.2 Å². The minimum Gasteiger partial charge on any atom is -0.504 e. The normalized spacial score (nSPS) is 10.6. The van der Waals surface area contributed by atoms with Gasteiger partial charge in [-0.1, -0.05) is 0 Å². The Morgan fingerprint density at radius 2 is 2.06 bits per heavy atom. The number of ether oxygens (including phenoxy) is 1. The van der Waals surface area contributed by atoms with Gasteiger partial charge in [-0.05, 0) is 0 Å². The van der Waals surface area contributed by atoms with Crippen molar-refractivity contribution in [3.8, 4) is 28.5 Å². The Morgan fingerprint density at radius 3 is 2.56 bits per heavy atom. The molecule has 0 aliphatic heterocycles. The Morgan fingerprint density at radius 1 is 1.39 bits per heavy atom. The fraction of sp³-hybridized carbons (Fsp3) is 0.182. The van der Waals surface area contributed by atoms with Gasteiger partial charge in [0.15, 0.2) is 23.1 Å². The van der Waals surface area contributed by atoms with Crippen LogP contribution in [0.4, 0.5) is 10.2 Å². The highest BCUT2D eigenvalue weighted by molar-refractivity contribution is 5.74. The second-order valence-corrected chi connectivity index (χ2v) is 3.71. The van der Waals surface area contributed by atoms with E-state index in [-0.39, 0.29) is 17.0 Å². The van der Waals surface area contributed by atoms with Gasteiger partial charge in [0.05, 0.1) is 12.7 Å². The standard InChI is InChI=1S/C11H12FN3O3/c1-15-8(13)3-5(14-15)9-10(12)7(18-2)4-6(16)11(9)17/h3-4,16-17H,13H2,1-2H3. The van der Waals surface area contributed by atoms with Crippen LogP contribution in [0.3, 0.4) is 0 Å². The molecule has 0 radical (unpaired) electrons. The molecule has 6 nitrogen and oxygen atoms in total. The van der Waals surface area contributed by atoms with Crippen LogP contribution < -0.4 is 10.5 Å². The molecule has 0 saturated heterocycles. The van der Waals surface area contributed by atoms with Crippen molar-refractivity contribution in [2.45, 2.75) is 0 Å². The quantitative estimate of drug-likeness (QED) is 0.700. The number of halogens is 1. The first-order valence-corrected chi connectivity index (χ1v) is 5.04. The van der Waals surface area contributed by atoms with E-state index >= 15 is 0 Å². The summed E-state index contributed by atoms with van der Waals surface area (Å²) in [6, 6.07) is 2.37. The molecule has 0 fully saturated rings. The largest absolute Gasteiger partial charge is 0.504 e. The van der Waals surface area contributed by atoms with Gasteiger partial charge in [-0.2, -0.15) is 5.10 Å². The molecule has 0 spiro atoms. The number of methoxy groups -OCH3 is 1. The first kappa shape index (κ1) is 12.0. The molecule has 96 valence electrons. The lowest BCUT2D eigenvalue weighted by Crippen LogP contribution is -1.97. The van der Waals surface area contributed by atoms with Crippen LogP contribution in [0.15, 0.2) is 12.1 Å². The molecule has 0 amide bonds. The van der Waals surface area contributed by atoms with Gasteiger partial charge in [0.1, 0.15) is 11.5 Å². The lowest BCUT2D eigenvalue weighted by atomic mass is 10.1. The van der Waals surface area contributed by atoms with Gasteiger partial charge >= 0.3 is 0 Å². The van der Waals surface area contributed by atoms with E-state index < -0.39 is 17.3 Å². The summed E-state index contributed by atoms with van der Waals surface area (Å²) >= 11 is 0. The monoisotopic (exact) mass is 253 g/mol. The van der Waals surface area contributed by atoms with E-state index in [0.717, 1.165) is 6.07 Å². The number of hydrogen-bond donors (Lipinski definition) is 3. The van der Waals surface area contributed by atoms with Crippen LogP contribution in [0.2, 0.25) is 0 Å². The van der Waals surface area contributed by atoms with E-state index in [0.29, 0.717) is 5.82 Å². The number of phenols is 2. The summed E-state index contributed by atoms with van der Waals surface area (Å²) in [5.41, 5.74) is 5.45. The van der Waals surface area contributed by atoms with Gasteiger partial charge in [0, 0.05) is 19.2 Å². The zero-order valence-electron chi connectivity index (χ0n) is 9.81. The van der Waals surface area contributed by atoms with Crippen molar-refractivity contribution in [2.24, 2.45) is 7.05 Å². The van der Waals surface area contributed by atoms with E-state index in [4.69, 9.17) is 10.5 Å². The smallest absolute Gasteiger partial charge is 0.178 e. The number of aromatic hydroxyl groups is 2. The molecule has 1 aromatic carbocycles. The maximum atomic E-state index is 14.1. The number of hydrogen-bond acceptors (Lipinski definition) is 5. The minimum absolute atomic E-state index is 0.110. The van der Waals surface area contributed by atoms with Crippen LogP contribution in [0, 0.1) is 5.82 Å². The van der Waals surface area contributed by atoms with Crippen LogP contribution in [-0.4, -0.2) is 27.1 Å². The number of phenolic OH excluding ortho intramolecular Hbond substituents is 2. The predicted octanol–water partition coefficient (Wildman–Crippen LogP) is 1.23. The second kappa shape index (κ2) is 4.10. The molecular formula is C11H12FN3O3. The highest BCUT2D eigenvalue weighted by Gasteiger charge is 2.22. The van der Waals surface area contributed by atoms with Gasteiger partial charge in [-0.25, -0.2) is 4.39 Å². The van der Waals surface area contributed by atoms with E-state index in [1.54, 1.807) is 7.05 Å². The summed E-state index contributed by atoms with van der Waals surface area (Å²) < 4.78 is 20.1. The zero-order valence-corrected chi connectivity index (χ0v) is 9.81. The molecule has 0 atom stereocenters. The third kappa shape index (κ3) is 1.69. The molecule has 0 aliphatic carbocycles. The summed E-state index contributed by atoms with van der Waals surface area (Å²) in [7, 11) is 2.83. The second-order valence-electron chi connectivity index (χ2n) is 3.71. The third-order valence-corrected chi connectivity index (χ3v) is 2.58. The summed E-state index contributed by atoms with van der Waals surface area (Å²) in [6.45, 7) is 0. The number of nitrogens with zero attached hydrogens (tertiary/aromatic N) is 2. The van der Waals surface area contributed by atoms with Crippen LogP contribution in [-0.2, 0) is 7.05 Å². The van der Waals surface area contributed by atoms with Crippen LogP contribution in [0.25, 0.3) is 11.3 Å². The summed E-state index contributed by atoms with van der Waals surface area (Å²) in [6.07, 6.45) is 0. The molecule has 0 bridgehead atoms. The Bertz CT molecular complexity index is 591. The number of nitrogens with two attached hydrogens (primary N) is 1. The van der Waals surface area contributed by atoms with Crippen LogP contribution >= 0.6 is 0 Å². The van der Waals surface area contributed by atoms with Crippen molar-refractivity contribution in [3.63, 3.8) is 0 Å². The number of anilines is 1. The Kier molecular flexibility index (Phi) is 2.74. The van der Waals surface area contributed by atoms with E-state index in [2.05, 4.69) is 5.10 Å². The van der Waals surface area contributed by atoms with Crippen LogP contribution in [0.1, 0.15) is 0 Å². The van der Waals surface area contributed by atoms with Crippen molar-refractivity contribution in [3.05, 3.63) is 17.9 Å². The average Bonchev–Trinajstić information content (AvgIpc) is 2.64. The molecule has 4 N–H and O–H groups in total. The highest BCUT2D eigenvalue weighted by Crippen LogP contribution is 2.42. The minimum atomic E-state index is -0.814. The van der Waals surface area contributed by atoms with Gasteiger partial charge in [-0.15, -0.1) is 0 Å². The fourth-order valence-electron chi connectivity index (χ4n) is 1.60. The lowest BCUT2D eigenvalue weighted by Gasteiger charge is -2.09. The fourth-order valence-corrected chi connectivity index (χ4v) is 1.60. The Labute approximate surface area is 102 Å². The van der Waals surface area contributed by atoms with Gasteiger partial charge in [-0.3, -0.25) is 4.68 Å². The summed E-state index contributed by atoms with van der Waals surface area (Å²) in [5.74, 6) is -1.81. The molecule has 7 heteroatoms. The topological polar surface area (TPSA) is 93.5 Å². The molecule has 18 heavy (non-hydrogen) atoms. The number of aromatic nitrogens is 2. The maximum absolute atomic E-state index is 14.1. The predicted molar refractivity (Wildman–Crippen MR) is 62.9 cm³/mol. The summed E-state index contributed by atoms with van der Waals surface area (Å²) in [4.78, 5) is 0. The molecule has 1 aromatic heterocycles. The van der Waals surface area contributed by atoms with Crippen molar-refractivity contribution < 1.29 is 19.3 Å². The molecule has 0 saturated carbocycles. The number of aryl methyl sites for hydroxylation is 1. The van der Waals surface area contributed by atoms with Crippen molar-refractivity contribution in [2.75, 3.05) is 12.8 Å². The van der Waals surface area contributed by atoms with E-state index in [9.17, 15) is 14.6 Å². The number of benzene rings is 1. The Balaban J connectivity index is 2.73. The number of rotatable bonds is 2. The van der Waals surface area contributed by atoms with Gasteiger partial charge in [0.2, 0.25) is 0 Å². The lowest BCUT2D eigenvalue weighted by molar-refractivity contribution is 0.366. The highest BCUT2D eigenvalue weighted by atomic mass is 19.1. The zero-order chi connectivity index (χ0) is 13.4.